The van der Waals surface area contributed by atoms with E-state index in [0.717, 1.165) is 0 Å². The fourth-order valence-corrected chi connectivity index (χ4v) is 2.51. The number of nitrogens with zero attached hydrogens (tertiary/aromatic N) is 3. The molecule has 6 nitrogen and oxygen atoms in total. The molecule has 0 aliphatic carbocycles. The number of rotatable bonds is 4. The highest BCUT2D eigenvalue weighted by atomic mass is 35.5. The first-order chi connectivity index (χ1) is 12.6. The van der Waals surface area contributed by atoms with Crippen LogP contribution in [0.5, 0.6) is 0 Å². The van der Waals surface area contributed by atoms with Gasteiger partial charge in [0.15, 0.2) is 0 Å². The summed E-state index contributed by atoms with van der Waals surface area (Å²) in [6, 6.07) is 17.6. The average molecular weight is 364 g/mol. The monoisotopic (exact) mass is 363 g/mol. The topological polar surface area (TPSA) is 90.7 Å². The summed E-state index contributed by atoms with van der Waals surface area (Å²) in [5.74, 6) is 0.450. The second-order valence-corrected chi connectivity index (χ2v) is 5.81. The van der Waals surface area contributed by atoms with Crippen LogP contribution < -0.4 is 10.6 Å². The molecular weight excluding hydrogens is 350 g/mol. The predicted molar refractivity (Wildman–Crippen MR) is 101 cm³/mol. The molecule has 1 heterocycles. The Morgan fingerprint density at radius 3 is 2.50 bits per heavy atom. The van der Waals surface area contributed by atoms with Gasteiger partial charge in [-0.15, -0.1) is 0 Å². The minimum atomic E-state index is -0.430. The summed E-state index contributed by atoms with van der Waals surface area (Å²) in [6.07, 6.45) is 0. The second kappa shape index (κ2) is 7.64. The summed E-state index contributed by atoms with van der Waals surface area (Å²) >= 11 is 6.14. The highest BCUT2D eigenvalue weighted by molar-refractivity contribution is 6.33. The molecule has 7 heteroatoms. The lowest BCUT2D eigenvalue weighted by molar-refractivity contribution is 0.102. The van der Waals surface area contributed by atoms with Crippen molar-refractivity contribution in [2.24, 2.45) is 0 Å². The smallest absolute Gasteiger partial charge is 0.274 e. The Kier molecular flexibility index (Phi) is 5.11. The van der Waals surface area contributed by atoms with Crippen LogP contribution in [0.4, 0.5) is 17.2 Å². The highest BCUT2D eigenvalue weighted by Crippen LogP contribution is 2.24. The predicted octanol–water partition coefficient (Wildman–Crippen LogP) is 4.31. The number of carbonyl (C=O) groups is 1. The lowest BCUT2D eigenvalue weighted by Gasteiger charge is -2.10. The number of nitriles is 1. The molecule has 0 fully saturated rings. The van der Waals surface area contributed by atoms with Gasteiger partial charge in [-0.05, 0) is 31.2 Å². The van der Waals surface area contributed by atoms with E-state index in [1.54, 1.807) is 37.3 Å². The maximum atomic E-state index is 12.5. The number of amides is 1. The van der Waals surface area contributed by atoms with E-state index < -0.39 is 5.91 Å². The Hall–Kier alpha value is -3.43. The Balaban J connectivity index is 1.86. The van der Waals surface area contributed by atoms with Crippen LogP contribution in [-0.2, 0) is 0 Å². The summed E-state index contributed by atoms with van der Waals surface area (Å²) in [5, 5.41) is 15.5. The minimum Gasteiger partial charge on any atom is -0.339 e. The number of anilines is 3. The fraction of sp³-hybridized carbons (Fsp3) is 0.0526. The van der Waals surface area contributed by atoms with Crippen LogP contribution in [0.1, 0.15) is 21.9 Å². The number of hydrogen-bond donors (Lipinski definition) is 2. The number of hydrogen-bond acceptors (Lipinski definition) is 5. The van der Waals surface area contributed by atoms with Gasteiger partial charge in [-0.1, -0.05) is 35.9 Å². The first-order valence-electron chi connectivity index (χ1n) is 7.74. The number of nitrogens with one attached hydrogen (secondary N) is 2. The molecule has 0 unspecified atom stereocenters. The third-order valence-electron chi connectivity index (χ3n) is 3.50. The SMILES string of the molecule is Cc1nc(Nc2ccccc2Cl)cc(C(=O)Nc2ccccc2C#N)n1. The van der Waals surface area contributed by atoms with Gasteiger partial charge in [0.25, 0.3) is 5.91 Å². The van der Waals surface area contributed by atoms with Crippen molar-refractivity contribution in [3.05, 3.63) is 76.7 Å². The van der Waals surface area contributed by atoms with Gasteiger partial charge in [-0.25, -0.2) is 9.97 Å². The van der Waals surface area contributed by atoms with Gasteiger partial charge in [0.05, 0.1) is 22.0 Å². The Morgan fingerprint density at radius 1 is 1.08 bits per heavy atom. The Bertz CT molecular complexity index is 1010. The number of carbonyl (C=O) groups excluding carboxylic acids is 1. The van der Waals surface area contributed by atoms with E-state index in [1.807, 2.05) is 24.3 Å². The summed E-state index contributed by atoms with van der Waals surface area (Å²) in [7, 11) is 0. The molecule has 3 aromatic rings. The molecule has 1 amide bonds. The average Bonchev–Trinajstić information content (AvgIpc) is 2.63. The number of benzene rings is 2. The third-order valence-corrected chi connectivity index (χ3v) is 3.83. The van der Waals surface area contributed by atoms with Crippen LogP contribution in [0, 0.1) is 18.3 Å². The molecule has 0 saturated heterocycles. The zero-order valence-electron chi connectivity index (χ0n) is 13.8. The van der Waals surface area contributed by atoms with Crippen molar-refractivity contribution in [1.82, 2.24) is 9.97 Å². The molecule has 2 N–H and O–H groups in total. The number of aromatic nitrogens is 2. The summed E-state index contributed by atoms with van der Waals surface area (Å²) < 4.78 is 0. The molecule has 0 aliphatic rings. The van der Waals surface area contributed by atoms with Crippen molar-refractivity contribution < 1.29 is 4.79 Å². The van der Waals surface area contributed by atoms with Crippen molar-refractivity contribution in [3.63, 3.8) is 0 Å². The Morgan fingerprint density at radius 2 is 1.77 bits per heavy atom. The quantitative estimate of drug-likeness (QED) is 0.720. The van der Waals surface area contributed by atoms with E-state index in [0.29, 0.717) is 33.6 Å². The van der Waals surface area contributed by atoms with E-state index in [1.165, 1.54) is 6.07 Å². The van der Waals surface area contributed by atoms with Crippen LogP contribution in [0.15, 0.2) is 54.6 Å². The van der Waals surface area contributed by atoms with Gasteiger partial charge in [-0.3, -0.25) is 4.79 Å². The summed E-state index contributed by atoms with van der Waals surface area (Å²) in [5.41, 5.74) is 1.66. The Labute approximate surface area is 155 Å². The van der Waals surface area contributed by atoms with Crippen molar-refractivity contribution >= 4 is 34.7 Å². The van der Waals surface area contributed by atoms with Crippen molar-refractivity contribution in [3.8, 4) is 6.07 Å². The molecule has 0 radical (unpaired) electrons. The van der Waals surface area contributed by atoms with E-state index in [-0.39, 0.29) is 5.69 Å². The molecule has 0 atom stereocenters. The zero-order valence-corrected chi connectivity index (χ0v) is 14.6. The van der Waals surface area contributed by atoms with Crippen molar-refractivity contribution in [2.45, 2.75) is 6.92 Å². The first kappa shape index (κ1) is 17.4. The van der Waals surface area contributed by atoms with Crippen molar-refractivity contribution in [2.75, 3.05) is 10.6 Å². The molecule has 0 saturated carbocycles. The highest BCUT2D eigenvalue weighted by Gasteiger charge is 2.13. The molecular formula is C19H14ClN5O. The lowest BCUT2D eigenvalue weighted by Crippen LogP contribution is -2.16. The third kappa shape index (κ3) is 3.97. The van der Waals surface area contributed by atoms with Crippen LogP contribution >= 0.6 is 11.6 Å². The van der Waals surface area contributed by atoms with Gasteiger partial charge in [0.1, 0.15) is 23.4 Å². The second-order valence-electron chi connectivity index (χ2n) is 5.40. The van der Waals surface area contributed by atoms with Crippen LogP contribution in [0.2, 0.25) is 5.02 Å². The lowest BCUT2D eigenvalue weighted by atomic mass is 10.2. The molecule has 2 aromatic carbocycles. The zero-order chi connectivity index (χ0) is 18.5. The van der Waals surface area contributed by atoms with Crippen LogP contribution in [0.25, 0.3) is 0 Å². The standard InChI is InChI=1S/C19H14ClN5O/c1-12-22-17(19(26)25-15-8-4-2-6-13(15)11-21)10-18(23-12)24-16-9-5-3-7-14(16)20/h2-10H,1H3,(H,25,26)(H,22,23,24). The van der Waals surface area contributed by atoms with Gasteiger partial charge in [-0.2, -0.15) is 5.26 Å². The van der Waals surface area contributed by atoms with E-state index >= 15 is 0 Å². The van der Waals surface area contributed by atoms with E-state index in [2.05, 4.69) is 20.6 Å². The van der Waals surface area contributed by atoms with Crippen LogP contribution in [-0.4, -0.2) is 15.9 Å². The molecule has 26 heavy (non-hydrogen) atoms. The fourth-order valence-electron chi connectivity index (χ4n) is 2.32. The molecule has 1 aromatic heterocycles. The molecule has 0 aliphatic heterocycles. The number of aryl methyl sites for hydroxylation is 1. The van der Waals surface area contributed by atoms with Gasteiger partial charge in [0.2, 0.25) is 0 Å². The minimum absolute atomic E-state index is 0.180. The number of halogens is 1. The normalized spacial score (nSPS) is 10.0. The summed E-state index contributed by atoms with van der Waals surface area (Å²) in [4.78, 5) is 21.0. The molecule has 0 spiro atoms. The van der Waals surface area contributed by atoms with Crippen LogP contribution in [0.3, 0.4) is 0 Å². The molecule has 3 rings (SSSR count). The number of para-hydroxylation sites is 2. The van der Waals surface area contributed by atoms with E-state index in [9.17, 15) is 4.79 Å². The molecule has 128 valence electrons. The van der Waals surface area contributed by atoms with Gasteiger partial charge < -0.3 is 10.6 Å². The maximum absolute atomic E-state index is 12.5. The summed E-state index contributed by atoms with van der Waals surface area (Å²) in [6.45, 7) is 1.69. The van der Waals surface area contributed by atoms with Gasteiger partial charge >= 0.3 is 0 Å². The van der Waals surface area contributed by atoms with Crippen molar-refractivity contribution in [1.29, 1.82) is 5.26 Å². The van der Waals surface area contributed by atoms with Gasteiger partial charge in [0, 0.05) is 6.07 Å². The maximum Gasteiger partial charge on any atom is 0.274 e. The van der Waals surface area contributed by atoms with E-state index in [4.69, 9.17) is 16.9 Å². The molecule has 0 bridgehead atoms. The largest absolute Gasteiger partial charge is 0.339 e. The first-order valence-corrected chi connectivity index (χ1v) is 8.12.